The molecule has 0 amide bonds. The number of rotatable bonds is 8. The average Bonchev–Trinajstić information content (AvgIpc) is 2.43. The van der Waals surface area contributed by atoms with Crippen molar-refractivity contribution in [1.82, 2.24) is 0 Å². The Morgan fingerprint density at radius 1 is 1.45 bits per heavy atom. The SMILES string of the molecule is CC(O)CNc1ccc([N+](=O)[O-])c(COC(C)CN)c1O.O. The third-order valence-electron chi connectivity index (χ3n) is 2.89. The first kappa shape index (κ1) is 20.1. The molecule has 0 saturated carbocycles. The molecular weight excluding hydrogens is 294 g/mol. The zero-order chi connectivity index (χ0) is 16.0. The van der Waals surface area contributed by atoms with E-state index in [1.165, 1.54) is 12.1 Å². The summed E-state index contributed by atoms with van der Waals surface area (Å²) in [5.74, 6) is -0.255. The smallest absolute Gasteiger partial charge is 0.278 e. The number of nitrogens with zero attached hydrogens (tertiary/aromatic N) is 1. The Morgan fingerprint density at radius 3 is 2.59 bits per heavy atom. The van der Waals surface area contributed by atoms with Crippen molar-refractivity contribution in [3.05, 3.63) is 27.8 Å². The second kappa shape index (κ2) is 9.15. The topological polar surface area (TPSA) is 162 Å². The van der Waals surface area contributed by atoms with Gasteiger partial charge in [-0.1, -0.05) is 0 Å². The van der Waals surface area contributed by atoms with Gasteiger partial charge in [0.25, 0.3) is 5.69 Å². The highest BCUT2D eigenvalue weighted by Crippen LogP contribution is 2.35. The number of aromatic hydroxyl groups is 1. The molecule has 0 bridgehead atoms. The molecule has 0 radical (unpaired) electrons. The minimum Gasteiger partial charge on any atom is -0.505 e. The van der Waals surface area contributed by atoms with E-state index in [1.54, 1.807) is 13.8 Å². The maximum Gasteiger partial charge on any atom is 0.278 e. The number of hydrogen-bond donors (Lipinski definition) is 4. The highest BCUT2D eigenvalue weighted by Gasteiger charge is 2.21. The summed E-state index contributed by atoms with van der Waals surface area (Å²) >= 11 is 0. The Bertz CT molecular complexity index is 495. The summed E-state index contributed by atoms with van der Waals surface area (Å²) in [6, 6.07) is 2.68. The maximum atomic E-state index is 11.0. The quantitative estimate of drug-likeness (QED) is 0.301. The third-order valence-corrected chi connectivity index (χ3v) is 2.89. The molecule has 2 unspecified atom stereocenters. The van der Waals surface area contributed by atoms with Crippen LogP contribution in [-0.2, 0) is 11.3 Å². The summed E-state index contributed by atoms with van der Waals surface area (Å²) in [5.41, 5.74) is 5.58. The van der Waals surface area contributed by atoms with Gasteiger partial charge in [0.2, 0.25) is 0 Å². The fraction of sp³-hybridized carbons (Fsp3) is 0.538. The normalized spacial score (nSPS) is 13.1. The summed E-state index contributed by atoms with van der Waals surface area (Å²) in [7, 11) is 0. The molecule has 1 aromatic rings. The standard InChI is InChI=1S/C13H21N3O5.H2O/c1-8(17)6-15-11-3-4-12(16(19)20)10(13(11)18)7-21-9(2)5-14;/h3-4,8-9,15,17-18H,5-7,14H2,1-2H3;1H2. The van der Waals surface area contributed by atoms with Crippen LogP contribution in [0.2, 0.25) is 0 Å². The van der Waals surface area contributed by atoms with Crippen molar-refractivity contribution < 1.29 is 25.3 Å². The van der Waals surface area contributed by atoms with E-state index >= 15 is 0 Å². The highest BCUT2D eigenvalue weighted by atomic mass is 16.6. The number of nitrogens with two attached hydrogens (primary N) is 1. The third kappa shape index (κ3) is 5.45. The molecular formula is C13H23N3O6. The van der Waals surface area contributed by atoms with Crippen molar-refractivity contribution in [3.63, 3.8) is 0 Å². The Balaban J connectivity index is 0.00000441. The van der Waals surface area contributed by atoms with Crippen molar-refractivity contribution in [2.24, 2.45) is 5.73 Å². The van der Waals surface area contributed by atoms with Crippen LogP contribution in [0.3, 0.4) is 0 Å². The Morgan fingerprint density at radius 2 is 2.09 bits per heavy atom. The molecule has 0 heterocycles. The van der Waals surface area contributed by atoms with Gasteiger partial charge in [0, 0.05) is 19.2 Å². The van der Waals surface area contributed by atoms with Crippen LogP contribution in [-0.4, -0.2) is 45.9 Å². The molecule has 9 heteroatoms. The van der Waals surface area contributed by atoms with Crippen molar-refractivity contribution in [3.8, 4) is 5.75 Å². The first-order chi connectivity index (χ1) is 9.86. The van der Waals surface area contributed by atoms with E-state index in [2.05, 4.69) is 5.32 Å². The molecule has 0 aliphatic carbocycles. The van der Waals surface area contributed by atoms with Gasteiger partial charge in [0.1, 0.15) is 0 Å². The van der Waals surface area contributed by atoms with Crippen LogP contribution in [0.4, 0.5) is 11.4 Å². The molecule has 0 aliphatic heterocycles. The van der Waals surface area contributed by atoms with Gasteiger partial charge in [-0.25, -0.2) is 0 Å². The van der Waals surface area contributed by atoms with Crippen molar-refractivity contribution in [2.45, 2.75) is 32.7 Å². The molecule has 22 heavy (non-hydrogen) atoms. The molecule has 1 rings (SSSR count). The zero-order valence-corrected chi connectivity index (χ0v) is 12.6. The minimum atomic E-state index is -0.614. The van der Waals surface area contributed by atoms with E-state index in [9.17, 15) is 20.3 Å². The van der Waals surface area contributed by atoms with Gasteiger partial charge in [-0.3, -0.25) is 10.1 Å². The van der Waals surface area contributed by atoms with Gasteiger partial charge < -0.3 is 31.5 Å². The van der Waals surface area contributed by atoms with Crippen LogP contribution < -0.4 is 11.1 Å². The van der Waals surface area contributed by atoms with Crippen LogP contribution in [0.5, 0.6) is 5.75 Å². The number of nitro groups is 1. The number of phenols is 1. The Hall–Kier alpha value is -1.94. The van der Waals surface area contributed by atoms with E-state index in [-0.39, 0.29) is 48.3 Å². The van der Waals surface area contributed by atoms with Crippen molar-refractivity contribution in [1.29, 1.82) is 0 Å². The first-order valence-electron chi connectivity index (χ1n) is 6.59. The molecule has 2 atom stereocenters. The zero-order valence-electron chi connectivity index (χ0n) is 12.6. The van der Waals surface area contributed by atoms with Gasteiger partial charge in [-0.2, -0.15) is 0 Å². The van der Waals surface area contributed by atoms with Gasteiger partial charge >= 0.3 is 0 Å². The molecule has 0 aliphatic rings. The Kier molecular flexibility index (Phi) is 8.35. The summed E-state index contributed by atoms with van der Waals surface area (Å²) in [5, 5.41) is 33.2. The lowest BCUT2D eigenvalue weighted by Crippen LogP contribution is -2.20. The highest BCUT2D eigenvalue weighted by molar-refractivity contribution is 5.65. The van der Waals surface area contributed by atoms with E-state index < -0.39 is 11.0 Å². The van der Waals surface area contributed by atoms with Gasteiger partial charge in [0.05, 0.1) is 35.0 Å². The Labute approximate surface area is 128 Å². The average molecular weight is 317 g/mol. The number of nitro benzene ring substituents is 1. The van der Waals surface area contributed by atoms with Gasteiger partial charge in [0.15, 0.2) is 5.75 Å². The number of aliphatic hydroxyl groups excluding tert-OH is 1. The predicted molar refractivity (Wildman–Crippen MR) is 81.9 cm³/mol. The molecule has 9 nitrogen and oxygen atoms in total. The first-order valence-corrected chi connectivity index (χ1v) is 6.59. The van der Waals surface area contributed by atoms with Crippen molar-refractivity contribution >= 4 is 11.4 Å². The van der Waals surface area contributed by atoms with E-state index in [0.29, 0.717) is 5.69 Å². The largest absolute Gasteiger partial charge is 0.505 e. The van der Waals surface area contributed by atoms with Crippen LogP contribution >= 0.6 is 0 Å². The van der Waals surface area contributed by atoms with E-state index in [0.717, 1.165) is 0 Å². The van der Waals surface area contributed by atoms with Crippen LogP contribution in [0.15, 0.2) is 12.1 Å². The van der Waals surface area contributed by atoms with Gasteiger partial charge in [-0.15, -0.1) is 0 Å². The van der Waals surface area contributed by atoms with E-state index in [1.807, 2.05) is 0 Å². The number of nitrogens with one attached hydrogen (secondary N) is 1. The summed E-state index contributed by atoms with van der Waals surface area (Å²) in [6.45, 7) is 3.69. The number of hydrogen-bond acceptors (Lipinski definition) is 7. The van der Waals surface area contributed by atoms with Crippen LogP contribution in [0.1, 0.15) is 19.4 Å². The number of aliphatic hydroxyl groups is 1. The lowest BCUT2D eigenvalue weighted by molar-refractivity contribution is -0.386. The molecule has 0 fully saturated rings. The fourth-order valence-corrected chi connectivity index (χ4v) is 1.63. The summed E-state index contributed by atoms with van der Waals surface area (Å²) < 4.78 is 5.36. The molecule has 1 aromatic carbocycles. The molecule has 126 valence electrons. The number of ether oxygens (including phenoxy) is 1. The maximum absolute atomic E-state index is 11.0. The predicted octanol–water partition coefficient (Wildman–Crippen LogP) is 0.132. The molecule has 0 saturated heterocycles. The lowest BCUT2D eigenvalue weighted by atomic mass is 10.1. The van der Waals surface area contributed by atoms with E-state index in [4.69, 9.17) is 10.5 Å². The van der Waals surface area contributed by atoms with Crippen molar-refractivity contribution in [2.75, 3.05) is 18.4 Å². The minimum absolute atomic E-state index is 0. The summed E-state index contributed by atoms with van der Waals surface area (Å²) in [4.78, 5) is 10.4. The van der Waals surface area contributed by atoms with Gasteiger partial charge in [-0.05, 0) is 19.9 Å². The van der Waals surface area contributed by atoms with Crippen LogP contribution in [0, 0.1) is 10.1 Å². The second-order valence-corrected chi connectivity index (χ2v) is 4.80. The number of benzene rings is 1. The van der Waals surface area contributed by atoms with Crippen LogP contribution in [0.25, 0.3) is 0 Å². The number of anilines is 1. The fourth-order valence-electron chi connectivity index (χ4n) is 1.63. The second-order valence-electron chi connectivity index (χ2n) is 4.80. The lowest BCUT2D eigenvalue weighted by Gasteiger charge is -2.15. The molecule has 0 aromatic heterocycles. The molecule has 0 spiro atoms. The molecule has 7 N–H and O–H groups in total. The monoisotopic (exact) mass is 317 g/mol. The number of phenolic OH excluding ortho intramolecular Hbond substituents is 1. The summed E-state index contributed by atoms with van der Waals surface area (Å²) in [6.07, 6.45) is -0.894.